The van der Waals surface area contributed by atoms with Gasteiger partial charge in [0.05, 0.1) is 17.6 Å². The molecule has 4 heteroatoms. The van der Waals surface area contributed by atoms with E-state index in [1.807, 2.05) is 19.2 Å². The summed E-state index contributed by atoms with van der Waals surface area (Å²) < 4.78 is 2.25. The van der Waals surface area contributed by atoms with Crippen LogP contribution in [0.5, 0.6) is 0 Å². The maximum Gasteiger partial charge on any atom is 0.111 e. The van der Waals surface area contributed by atoms with E-state index >= 15 is 0 Å². The number of para-hydroxylation sites is 1. The van der Waals surface area contributed by atoms with Gasteiger partial charge in [0, 0.05) is 24.2 Å². The molecule has 0 radical (unpaired) electrons. The number of benzene rings is 1. The summed E-state index contributed by atoms with van der Waals surface area (Å²) in [6, 6.07) is 10.5. The Labute approximate surface area is 129 Å². The number of fused-ring (bicyclic) bond motifs is 1. The van der Waals surface area contributed by atoms with Crippen LogP contribution in [0.4, 0.5) is 0 Å². The highest BCUT2D eigenvalue weighted by molar-refractivity contribution is 6.17. The number of nitrogens with zero attached hydrogens (tertiary/aromatic N) is 3. The van der Waals surface area contributed by atoms with Crippen LogP contribution in [0.1, 0.15) is 22.6 Å². The maximum atomic E-state index is 5.93. The second-order valence-electron chi connectivity index (χ2n) is 5.30. The third-order valence-corrected chi connectivity index (χ3v) is 3.88. The lowest BCUT2D eigenvalue weighted by atomic mass is 10.2. The summed E-state index contributed by atoms with van der Waals surface area (Å²) in [5.74, 6) is 1.61. The number of hydrogen-bond donors (Lipinski definition) is 0. The lowest BCUT2D eigenvalue weighted by molar-refractivity contribution is 0.751. The predicted molar refractivity (Wildman–Crippen MR) is 87.0 cm³/mol. The van der Waals surface area contributed by atoms with Gasteiger partial charge in [0.25, 0.3) is 0 Å². The molecule has 21 heavy (non-hydrogen) atoms. The van der Waals surface area contributed by atoms with Crippen molar-refractivity contribution in [2.45, 2.75) is 26.8 Å². The van der Waals surface area contributed by atoms with Crippen molar-refractivity contribution in [3.63, 3.8) is 0 Å². The van der Waals surface area contributed by atoms with Crippen LogP contribution in [0.25, 0.3) is 11.0 Å². The first kappa shape index (κ1) is 14.1. The summed E-state index contributed by atoms with van der Waals surface area (Å²) in [5.41, 5.74) is 5.64. The van der Waals surface area contributed by atoms with Crippen molar-refractivity contribution in [3.05, 3.63) is 59.2 Å². The van der Waals surface area contributed by atoms with Gasteiger partial charge in [-0.2, -0.15) is 0 Å². The predicted octanol–water partition coefficient (Wildman–Crippen LogP) is 3.88. The molecule has 2 heterocycles. The molecule has 0 unspecified atom stereocenters. The topological polar surface area (TPSA) is 30.7 Å². The number of rotatable bonds is 4. The fourth-order valence-electron chi connectivity index (χ4n) is 2.56. The zero-order chi connectivity index (χ0) is 14.8. The van der Waals surface area contributed by atoms with E-state index in [4.69, 9.17) is 16.6 Å². The number of aromatic nitrogens is 3. The molecule has 0 N–H and O–H groups in total. The Hall–Kier alpha value is -1.87. The zero-order valence-corrected chi connectivity index (χ0v) is 13.1. The summed E-state index contributed by atoms with van der Waals surface area (Å²) in [6.45, 7) is 4.87. The van der Waals surface area contributed by atoms with Gasteiger partial charge in [-0.05, 0) is 37.1 Å². The van der Waals surface area contributed by atoms with Gasteiger partial charge in [-0.1, -0.05) is 18.2 Å². The van der Waals surface area contributed by atoms with E-state index in [0.29, 0.717) is 5.88 Å². The first-order valence-corrected chi connectivity index (χ1v) is 7.64. The highest BCUT2D eigenvalue weighted by Crippen LogP contribution is 2.21. The smallest absolute Gasteiger partial charge is 0.111 e. The van der Waals surface area contributed by atoms with Crippen molar-refractivity contribution in [2.75, 3.05) is 5.88 Å². The molecule has 3 nitrogen and oxygen atoms in total. The molecule has 108 valence electrons. The minimum absolute atomic E-state index is 0.578. The molecule has 2 aromatic heterocycles. The second-order valence-corrected chi connectivity index (χ2v) is 5.68. The first-order chi connectivity index (χ1) is 10.2. The standard InChI is InChI=1S/C17H18ClN3/c1-12-4-3-5-15-17(12)20-16(8-9-18)21(15)11-14-7-6-13(2)19-10-14/h3-7,10H,8-9,11H2,1-2H3. The molecular weight excluding hydrogens is 282 g/mol. The van der Waals surface area contributed by atoms with Gasteiger partial charge in [-0.3, -0.25) is 4.98 Å². The number of alkyl halides is 1. The average molecular weight is 300 g/mol. The molecule has 1 aromatic carbocycles. The van der Waals surface area contributed by atoms with E-state index in [9.17, 15) is 0 Å². The van der Waals surface area contributed by atoms with Crippen LogP contribution in [0.15, 0.2) is 36.5 Å². The van der Waals surface area contributed by atoms with Crippen molar-refractivity contribution < 1.29 is 0 Å². The summed E-state index contributed by atoms with van der Waals surface area (Å²) in [6.07, 6.45) is 2.70. The van der Waals surface area contributed by atoms with Gasteiger partial charge < -0.3 is 4.57 Å². The van der Waals surface area contributed by atoms with Crippen molar-refractivity contribution in [1.29, 1.82) is 0 Å². The molecule has 0 aliphatic heterocycles. The van der Waals surface area contributed by atoms with E-state index in [1.165, 1.54) is 11.1 Å². The number of aryl methyl sites for hydroxylation is 3. The lowest BCUT2D eigenvalue weighted by Gasteiger charge is -2.09. The molecule has 0 atom stereocenters. The SMILES string of the molecule is Cc1ccc(Cn2c(CCCl)nc3c(C)cccc32)cn1. The third-order valence-electron chi connectivity index (χ3n) is 3.69. The van der Waals surface area contributed by atoms with Crippen LogP contribution in [0, 0.1) is 13.8 Å². The van der Waals surface area contributed by atoms with Crippen molar-refractivity contribution >= 4 is 22.6 Å². The van der Waals surface area contributed by atoms with Crippen LogP contribution in [-0.4, -0.2) is 20.4 Å². The lowest BCUT2D eigenvalue weighted by Crippen LogP contribution is -2.06. The molecule has 3 aromatic rings. The second kappa shape index (κ2) is 5.86. The Kier molecular flexibility index (Phi) is 3.93. The third kappa shape index (κ3) is 2.79. The van der Waals surface area contributed by atoms with Crippen molar-refractivity contribution in [2.24, 2.45) is 0 Å². The van der Waals surface area contributed by atoms with Gasteiger partial charge in [0.1, 0.15) is 5.82 Å². The monoisotopic (exact) mass is 299 g/mol. The van der Waals surface area contributed by atoms with Crippen LogP contribution < -0.4 is 0 Å². The minimum Gasteiger partial charge on any atom is -0.323 e. The van der Waals surface area contributed by atoms with E-state index in [-0.39, 0.29) is 0 Å². The van der Waals surface area contributed by atoms with Gasteiger partial charge >= 0.3 is 0 Å². The fourth-order valence-corrected chi connectivity index (χ4v) is 2.73. The van der Waals surface area contributed by atoms with Gasteiger partial charge in [-0.15, -0.1) is 11.6 Å². The Morgan fingerprint density at radius 3 is 2.71 bits per heavy atom. The Morgan fingerprint density at radius 2 is 2.00 bits per heavy atom. The number of hydrogen-bond acceptors (Lipinski definition) is 2. The van der Waals surface area contributed by atoms with Gasteiger partial charge in [0.2, 0.25) is 0 Å². The van der Waals surface area contributed by atoms with Crippen molar-refractivity contribution in [1.82, 2.24) is 14.5 Å². The van der Waals surface area contributed by atoms with E-state index < -0.39 is 0 Å². The zero-order valence-electron chi connectivity index (χ0n) is 12.3. The Balaban J connectivity index is 2.08. The van der Waals surface area contributed by atoms with E-state index in [0.717, 1.165) is 35.5 Å². The van der Waals surface area contributed by atoms with Crippen LogP contribution >= 0.6 is 11.6 Å². The normalized spacial score (nSPS) is 11.2. The average Bonchev–Trinajstić information content (AvgIpc) is 2.82. The molecule has 0 fully saturated rings. The quantitative estimate of drug-likeness (QED) is 0.685. The molecule has 0 aliphatic carbocycles. The Bertz CT molecular complexity index is 760. The summed E-state index contributed by atoms with van der Waals surface area (Å²) in [4.78, 5) is 9.15. The van der Waals surface area contributed by atoms with Gasteiger partial charge in [0.15, 0.2) is 0 Å². The molecule has 3 rings (SSSR count). The molecule has 0 spiro atoms. The van der Waals surface area contributed by atoms with Crippen molar-refractivity contribution in [3.8, 4) is 0 Å². The largest absolute Gasteiger partial charge is 0.323 e. The fraction of sp³-hybridized carbons (Fsp3) is 0.294. The summed E-state index contributed by atoms with van der Waals surface area (Å²) in [7, 11) is 0. The maximum absolute atomic E-state index is 5.93. The summed E-state index contributed by atoms with van der Waals surface area (Å²) >= 11 is 5.93. The van der Waals surface area contributed by atoms with Crippen LogP contribution in [-0.2, 0) is 13.0 Å². The highest BCUT2D eigenvalue weighted by atomic mass is 35.5. The minimum atomic E-state index is 0.578. The molecular formula is C17H18ClN3. The number of imidazole rings is 1. The van der Waals surface area contributed by atoms with Gasteiger partial charge in [-0.25, -0.2) is 4.98 Å². The molecule has 0 aliphatic rings. The highest BCUT2D eigenvalue weighted by Gasteiger charge is 2.12. The first-order valence-electron chi connectivity index (χ1n) is 7.11. The molecule has 0 bridgehead atoms. The van der Waals surface area contributed by atoms with E-state index in [2.05, 4.69) is 40.7 Å². The summed E-state index contributed by atoms with van der Waals surface area (Å²) in [5, 5.41) is 0. The van der Waals surface area contributed by atoms with Crippen LogP contribution in [0.2, 0.25) is 0 Å². The Morgan fingerprint density at radius 1 is 1.14 bits per heavy atom. The number of halogens is 1. The number of pyridine rings is 1. The molecule has 0 saturated heterocycles. The van der Waals surface area contributed by atoms with E-state index in [1.54, 1.807) is 0 Å². The molecule has 0 saturated carbocycles. The van der Waals surface area contributed by atoms with Crippen LogP contribution in [0.3, 0.4) is 0 Å². The molecule has 0 amide bonds.